The number of halogens is 8. The maximum absolute atomic E-state index is 13.5. The third-order valence-electron chi connectivity index (χ3n) is 2.46. The summed E-state index contributed by atoms with van der Waals surface area (Å²) in [6, 6.07) is 0. The highest BCUT2D eigenvalue weighted by atomic mass is 19.3. The molecule has 0 aliphatic heterocycles. The van der Waals surface area contributed by atoms with Crippen molar-refractivity contribution in [3.8, 4) is 0 Å². The van der Waals surface area contributed by atoms with Gasteiger partial charge in [-0.05, 0) is 0 Å². The van der Waals surface area contributed by atoms with Gasteiger partial charge in [0.1, 0.15) is 5.56 Å². The predicted octanol–water partition coefficient (Wildman–Crippen LogP) is 2.75. The number of hydrogen-bond acceptors (Lipinski definition) is 2. The molecule has 0 heterocycles. The summed E-state index contributed by atoms with van der Waals surface area (Å²) >= 11 is 0. The molecule has 0 saturated carbocycles. The second kappa shape index (κ2) is 5.10. The molecule has 0 aliphatic carbocycles. The lowest BCUT2D eigenvalue weighted by Crippen LogP contribution is -2.46. The topological polar surface area (TPSA) is 74.6 Å². The standard InChI is InChI=1S/C10H2F8O4/c11-3-1(7(19)20)2(4(12)6(14)5(3)13)9(15,16)10(17,18)8(21)22/h(H,19,20)(H,21,22). The van der Waals surface area contributed by atoms with E-state index >= 15 is 0 Å². The number of hydrogen-bond donors (Lipinski definition) is 2. The van der Waals surface area contributed by atoms with Gasteiger partial charge in [-0.15, -0.1) is 0 Å². The summed E-state index contributed by atoms with van der Waals surface area (Å²) < 4.78 is 105. The van der Waals surface area contributed by atoms with Gasteiger partial charge in [0.15, 0.2) is 23.3 Å². The molecule has 22 heavy (non-hydrogen) atoms. The number of alkyl halides is 4. The molecule has 0 saturated heterocycles. The summed E-state index contributed by atoms with van der Waals surface area (Å²) in [7, 11) is 0. The van der Waals surface area contributed by atoms with E-state index in [1.807, 2.05) is 0 Å². The van der Waals surface area contributed by atoms with Gasteiger partial charge in [-0.3, -0.25) is 0 Å². The highest BCUT2D eigenvalue weighted by Crippen LogP contribution is 2.46. The van der Waals surface area contributed by atoms with Crippen LogP contribution in [0.5, 0.6) is 0 Å². The van der Waals surface area contributed by atoms with Gasteiger partial charge in [-0.25, -0.2) is 27.2 Å². The third-order valence-corrected chi connectivity index (χ3v) is 2.46. The highest BCUT2D eigenvalue weighted by molar-refractivity contribution is 5.91. The second-order valence-corrected chi connectivity index (χ2v) is 3.77. The first kappa shape index (κ1) is 17.7. The van der Waals surface area contributed by atoms with Crippen molar-refractivity contribution in [2.75, 3.05) is 0 Å². The molecule has 0 atom stereocenters. The van der Waals surface area contributed by atoms with Crippen LogP contribution in [0.25, 0.3) is 0 Å². The Labute approximate surface area is 114 Å². The Balaban J connectivity index is 3.96. The molecule has 0 radical (unpaired) electrons. The maximum atomic E-state index is 13.5. The lowest BCUT2D eigenvalue weighted by atomic mass is 9.95. The first-order valence-electron chi connectivity index (χ1n) is 4.87. The Kier molecular flexibility index (Phi) is 4.09. The van der Waals surface area contributed by atoms with E-state index in [1.54, 1.807) is 0 Å². The molecular weight excluding hydrogens is 336 g/mol. The second-order valence-electron chi connectivity index (χ2n) is 3.77. The molecule has 2 N–H and O–H groups in total. The van der Waals surface area contributed by atoms with E-state index < -0.39 is 58.2 Å². The van der Waals surface area contributed by atoms with E-state index in [9.17, 15) is 44.7 Å². The third kappa shape index (κ3) is 2.23. The molecule has 4 nitrogen and oxygen atoms in total. The van der Waals surface area contributed by atoms with Crippen molar-refractivity contribution in [2.24, 2.45) is 0 Å². The van der Waals surface area contributed by atoms with Crippen molar-refractivity contribution >= 4 is 11.9 Å². The van der Waals surface area contributed by atoms with Crippen LogP contribution >= 0.6 is 0 Å². The lowest BCUT2D eigenvalue weighted by Gasteiger charge is -2.25. The molecule has 0 amide bonds. The Morgan fingerprint density at radius 3 is 1.55 bits per heavy atom. The minimum Gasteiger partial charge on any atom is -0.478 e. The Bertz CT molecular complexity index is 670. The summed E-state index contributed by atoms with van der Waals surface area (Å²) in [6.45, 7) is 0. The number of rotatable bonds is 4. The van der Waals surface area contributed by atoms with Crippen molar-refractivity contribution in [3.05, 3.63) is 34.4 Å². The minimum absolute atomic E-state index is 2.65. The van der Waals surface area contributed by atoms with Gasteiger partial charge >= 0.3 is 23.8 Å². The molecule has 0 fully saturated rings. The monoisotopic (exact) mass is 338 g/mol. The van der Waals surface area contributed by atoms with Crippen LogP contribution in [0.3, 0.4) is 0 Å². The molecule has 1 aromatic rings. The zero-order valence-corrected chi connectivity index (χ0v) is 9.73. The average molecular weight is 338 g/mol. The van der Waals surface area contributed by atoms with Crippen molar-refractivity contribution < 1.29 is 54.9 Å². The number of benzene rings is 1. The van der Waals surface area contributed by atoms with E-state index in [0.717, 1.165) is 0 Å². The van der Waals surface area contributed by atoms with Gasteiger partial charge in [0.05, 0.1) is 5.56 Å². The summed E-state index contributed by atoms with van der Waals surface area (Å²) in [5.74, 6) is -30.6. The van der Waals surface area contributed by atoms with Gasteiger partial charge in [-0.2, -0.15) is 17.6 Å². The summed E-state index contributed by atoms with van der Waals surface area (Å²) in [4.78, 5) is 20.7. The molecule has 0 aliphatic rings. The summed E-state index contributed by atoms with van der Waals surface area (Å²) in [6.07, 6.45) is 0. The smallest absolute Gasteiger partial charge is 0.408 e. The fourth-order valence-corrected chi connectivity index (χ4v) is 1.42. The van der Waals surface area contributed by atoms with Gasteiger partial charge < -0.3 is 10.2 Å². The maximum Gasteiger partial charge on any atom is 0.408 e. The van der Waals surface area contributed by atoms with Crippen molar-refractivity contribution in [3.63, 3.8) is 0 Å². The van der Waals surface area contributed by atoms with Crippen molar-refractivity contribution in [1.29, 1.82) is 0 Å². The quantitative estimate of drug-likeness (QED) is 0.503. The van der Waals surface area contributed by atoms with Crippen LogP contribution in [-0.4, -0.2) is 28.1 Å². The molecule has 0 spiro atoms. The fraction of sp³-hybridized carbons (Fsp3) is 0.200. The first-order chi connectivity index (χ1) is 9.78. The van der Waals surface area contributed by atoms with Crippen molar-refractivity contribution in [2.45, 2.75) is 11.8 Å². The zero-order chi connectivity index (χ0) is 17.6. The highest BCUT2D eigenvalue weighted by Gasteiger charge is 2.66. The fourth-order valence-electron chi connectivity index (χ4n) is 1.42. The SMILES string of the molecule is O=C(O)c1c(F)c(F)c(F)c(F)c1C(F)(F)C(F)(F)C(=O)O. The Morgan fingerprint density at radius 1 is 0.773 bits per heavy atom. The number of carboxylic acid groups (broad SMARTS) is 2. The van der Waals surface area contributed by atoms with Crippen LogP contribution in [0.1, 0.15) is 15.9 Å². The van der Waals surface area contributed by atoms with Crippen LogP contribution in [0, 0.1) is 23.3 Å². The van der Waals surface area contributed by atoms with Gasteiger partial charge in [0.2, 0.25) is 0 Å². The van der Waals surface area contributed by atoms with Crippen LogP contribution in [-0.2, 0) is 10.7 Å². The first-order valence-corrected chi connectivity index (χ1v) is 4.87. The number of aliphatic carboxylic acids is 1. The Morgan fingerprint density at radius 2 is 1.18 bits per heavy atom. The van der Waals surface area contributed by atoms with Crippen LogP contribution in [0.15, 0.2) is 0 Å². The van der Waals surface area contributed by atoms with Gasteiger partial charge in [0.25, 0.3) is 0 Å². The number of carbonyl (C=O) groups is 2. The van der Waals surface area contributed by atoms with Crippen molar-refractivity contribution in [1.82, 2.24) is 0 Å². The van der Waals surface area contributed by atoms with Gasteiger partial charge in [0, 0.05) is 0 Å². The molecular formula is C10H2F8O4. The summed E-state index contributed by atoms with van der Waals surface area (Å²) in [5.41, 5.74) is -5.77. The molecule has 1 aromatic carbocycles. The predicted molar refractivity (Wildman–Crippen MR) is 49.7 cm³/mol. The van der Waals surface area contributed by atoms with E-state index in [-0.39, 0.29) is 0 Å². The largest absolute Gasteiger partial charge is 0.478 e. The minimum atomic E-state index is -6.19. The normalized spacial score (nSPS) is 12.4. The molecule has 0 unspecified atom stereocenters. The van der Waals surface area contributed by atoms with E-state index in [1.165, 1.54) is 0 Å². The van der Waals surface area contributed by atoms with Crippen LogP contribution < -0.4 is 0 Å². The van der Waals surface area contributed by atoms with Crippen LogP contribution in [0.4, 0.5) is 35.1 Å². The molecule has 0 aromatic heterocycles. The Hall–Kier alpha value is -2.40. The number of aromatic carboxylic acids is 1. The summed E-state index contributed by atoms with van der Waals surface area (Å²) in [5, 5.41) is 16.4. The van der Waals surface area contributed by atoms with E-state index in [0.29, 0.717) is 0 Å². The lowest BCUT2D eigenvalue weighted by molar-refractivity contribution is -0.229. The van der Waals surface area contributed by atoms with Gasteiger partial charge in [-0.1, -0.05) is 0 Å². The number of carboxylic acids is 2. The molecule has 1 rings (SSSR count). The average Bonchev–Trinajstić information content (AvgIpc) is 2.38. The van der Waals surface area contributed by atoms with E-state index in [2.05, 4.69) is 0 Å². The van der Waals surface area contributed by atoms with Crippen LogP contribution in [0.2, 0.25) is 0 Å². The zero-order valence-electron chi connectivity index (χ0n) is 9.73. The molecule has 12 heteroatoms. The molecule has 0 bridgehead atoms. The van der Waals surface area contributed by atoms with E-state index in [4.69, 9.17) is 10.2 Å². The molecule has 122 valence electrons.